The summed E-state index contributed by atoms with van der Waals surface area (Å²) in [6.45, 7) is 10.4. The number of nitrogens with zero attached hydrogens (tertiary/aromatic N) is 3. The second kappa shape index (κ2) is 7.83. The summed E-state index contributed by atoms with van der Waals surface area (Å²) in [7, 11) is 0. The van der Waals surface area contributed by atoms with Crippen LogP contribution in [0.2, 0.25) is 0 Å². The van der Waals surface area contributed by atoms with Crippen molar-refractivity contribution in [1.82, 2.24) is 15.2 Å². The van der Waals surface area contributed by atoms with Gasteiger partial charge in [-0.2, -0.15) is 0 Å². The van der Waals surface area contributed by atoms with Crippen molar-refractivity contribution in [3.05, 3.63) is 36.0 Å². The maximum Gasteiger partial charge on any atom is 0.234 e. The molecule has 1 aliphatic heterocycles. The number of benzene rings is 1. The highest BCUT2D eigenvalue weighted by Gasteiger charge is 2.21. The highest BCUT2D eigenvalue weighted by Crippen LogP contribution is 2.27. The first-order valence-electron chi connectivity index (χ1n) is 9.19. The van der Waals surface area contributed by atoms with E-state index in [-0.39, 0.29) is 11.9 Å². The molecule has 0 spiro atoms. The van der Waals surface area contributed by atoms with E-state index in [4.69, 9.17) is 0 Å². The topological polar surface area (TPSA) is 48.5 Å². The Kier molecular flexibility index (Phi) is 5.53. The van der Waals surface area contributed by atoms with E-state index < -0.39 is 0 Å². The van der Waals surface area contributed by atoms with Crippen LogP contribution in [0.15, 0.2) is 30.5 Å². The molecule has 2 aromatic rings. The van der Waals surface area contributed by atoms with Gasteiger partial charge in [-0.15, -0.1) is 0 Å². The summed E-state index contributed by atoms with van der Waals surface area (Å²) in [4.78, 5) is 21.2. The van der Waals surface area contributed by atoms with Crippen LogP contribution in [0.4, 0.5) is 5.69 Å². The summed E-state index contributed by atoms with van der Waals surface area (Å²) in [5.41, 5.74) is 3.54. The van der Waals surface area contributed by atoms with Crippen LogP contribution in [0.3, 0.4) is 0 Å². The van der Waals surface area contributed by atoms with E-state index in [9.17, 15) is 4.79 Å². The molecule has 1 aliphatic rings. The first-order valence-corrected chi connectivity index (χ1v) is 9.19. The van der Waals surface area contributed by atoms with Gasteiger partial charge in [0.25, 0.3) is 0 Å². The van der Waals surface area contributed by atoms with Crippen molar-refractivity contribution in [2.45, 2.75) is 33.2 Å². The largest absolute Gasteiger partial charge is 0.368 e. The molecule has 25 heavy (non-hydrogen) atoms. The Hall–Kier alpha value is -2.14. The van der Waals surface area contributed by atoms with Crippen molar-refractivity contribution in [3.63, 3.8) is 0 Å². The molecular formula is C20H28N4O. The summed E-state index contributed by atoms with van der Waals surface area (Å²) in [6, 6.07) is 8.76. The Labute approximate surface area is 150 Å². The van der Waals surface area contributed by atoms with Crippen LogP contribution < -0.4 is 10.2 Å². The number of nitrogens with one attached hydrogen (secondary N) is 1. The number of fused-ring (bicyclic) bond motifs is 1. The van der Waals surface area contributed by atoms with E-state index in [1.807, 2.05) is 13.1 Å². The van der Waals surface area contributed by atoms with Crippen LogP contribution >= 0.6 is 0 Å². The molecule has 1 amide bonds. The summed E-state index contributed by atoms with van der Waals surface area (Å²) >= 11 is 0. The molecule has 0 aliphatic carbocycles. The molecule has 1 atom stereocenters. The lowest BCUT2D eigenvalue weighted by Crippen LogP contribution is -2.50. The van der Waals surface area contributed by atoms with E-state index in [0.29, 0.717) is 6.54 Å². The van der Waals surface area contributed by atoms with E-state index >= 15 is 0 Å². The van der Waals surface area contributed by atoms with Gasteiger partial charge in [-0.25, -0.2) is 0 Å². The molecule has 0 saturated carbocycles. The number of hydrogen-bond donors (Lipinski definition) is 1. The maximum absolute atomic E-state index is 12.1. The smallest absolute Gasteiger partial charge is 0.234 e. The SMILES string of the molecule is CCC(C)NC(=O)CN1CCN(c2ccnc3ccc(C)cc23)CC1. The Bertz CT molecular complexity index is 738. The number of piperazine rings is 1. The lowest BCUT2D eigenvalue weighted by Gasteiger charge is -2.36. The predicted molar refractivity (Wildman–Crippen MR) is 103 cm³/mol. The Balaban J connectivity index is 1.63. The van der Waals surface area contributed by atoms with Crippen molar-refractivity contribution in [2.75, 3.05) is 37.6 Å². The number of aromatic nitrogens is 1. The van der Waals surface area contributed by atoms with Crippen LogP contribution in [0.25, 0.3) is 10.9 Å². The monoisotopic (exact) mass is 340 g/mol. The van der Waals surface area contributed by atoms with Gasteiger partial charge in [-0.3, -0.25) is 14.7 Å². The van der Waals surface area contributed by atoms with Crippen molar-refractivity contribution < 1.29 is 4.79 Å². The second-order valence-electron chi connectivity index (χ2n) is 6.99. The highest BCUT2D eigenvalue weighted by atomic mass is 16.2. The zero-order valence-corrected chi connectivity index (χ0v) is 15.5. The molecule has 1 N–H and O–H groups in total. The fourth-order valence-electron chi connectivity index (χ4n) is 3.29. The number of amides is 1. The number of rotatable bonds is 5. The summed E-state index contributed by atoms with van der Waals surface area (Å²) < 4.78 is 0. The molecule has 0 radical (unpaired) electrons. The van der Waals surface area contributed by atoms with E-state index in [0.717, 1.165) is 38.1 Å². The van der Waals surface area contributed by atoms with Gasteiger partial charge in [0.05, 0.1) is 12.1 Å². The number of hydrogen-bond acceptors (Lipinski definition) is 4. The first kappa shape index (κ1) is 17.7. The van der Waals surface area contributed by atoms with Gasteiger partial charge in [0.15, 0.2) is 0 Å². The van der Waals surface area contributed by atoms with E-state index in [1.165, 1.54) is 16.6 Å². The molecule has 1 aromatic heterocycles. The number of pyridine rings is 1. The van der Waals surface area contributed by atoms with Crippen LogP contribution in [0.5, 0.6) is 0 Å². The van der Waals surface area contributed by atoms with Gasteiger partial charge in [-0.1, -0.05) is 18.6 Å². The van der Waals surface area contributed by atoms with Gasteiger partial charge in [-0.05, 0) is 38.5 Å². The molecule has 3 rings (SSSR count). The fourth-order valence-corrected chi connectivity index (χ4v) is 3.29. The minimum atomic E-state index is 0.132. The number of aryl methyl sites for hydroxylation is 1. The quantitative estimate of drug-likeness (QED) is 0.909. The number of carbonyl (C=O) groups is 1. The van der Waals surface area contributed by atoms with Gasteiger partial charge >= 0.3 is 0 Å². The van der Waals surface area contributed by atoms with Gasteiger partial charge in [0, 0.05) is 49.5 Å². The average molecular weight is 340 g/mol. The summed E-state index contributed by atoms with van der Waals surface area (Å²) in [5, 5.41) is 4.26. The summed E-state index contributed by atoms with van der Waals surface area (Å²) in [5.74, 6) is 0.132. The van der Waals surface area contributed by atoms with E-state index in [1.54, 1.807) is 0 Å². The highest BCUT2D eigenvalue weighted by molar-refractivity contribution is 5.92. The third-order valence-electron chi connectivity index (χ3n) is 4.97. The number of carbonyl (C=O) groups excluding carboxylic acids is 1. The third-order valence-corrected chi connectivity index (χ3v) is 4.97. The maximum atomic E-state index is 12.1. The Morgan fingerprint density at radius 2 is 2.00 bits per heavy atom. The van der Waals surface area contributed by atoms with Gasteiger partial charge < -0.3 is 10.2 Å². The van der Waals surface area contributed by atoms with Crippen LogP contribution in [0, 0.1) is 6.92 Å². The van der Waals surface area contributed by atoms with Crippen molar-refractivity contribution in [2.24, 2.45) is 0 Å². The van der Waals surface area contributed by atoms with Crippen molar-refractivity contribution >= 4 is 22.5 Å². The van der Waals surface area contributed by atoms with Crippen molar-refractivity contribution in [3.8, 4) is 0 Å². The lowest BCUT2D eigenvalue weighted by molar-refractivity contribution is -0.122. The first-order chi connectivity index (χ1) is 12.1. The van der Waals surface area contributed by atoms with Gasteiger partial charge in [0.1, 0.15) is 0 Å². The zero-order valence-electron chi connectivity index (χ0n) is 15.5. The molecule has 1 unspecified atom stereocenters. The lowest BCUT2D eigenvalue weighted by atomic mass is 10.1. The summed E-state index contributed by atoms with van der Waals surface area (Å²) in [6.07, 6.45) is 2.85. The van der Waals surface area contributed by atoms with Crippen LogP contribution in [-0.2, 0) is 4.79 Å². The molecule has 134 valence electrons. The second-order valence-corrected chi connectivity index (χ2v) is 6.99. The standard InChI is InChI=1S/C20H28N4O/c1-4-16(3)22-20(25)14-23-9-11-24(12-10-23)19-7-8-21-18-6-5-15(2)13-17(18)19/h5-8,13,16H,4,9-12,14H2,1-3H3,(H,22,25). The molecule has 2 heterocycles. The zero-order chi connectivity index (χ0) is 17.8. The minimum Gasteiger partial charge on any atom is -0.368 e. The molecule has 1 saturated heterocycles. The Morgan fingerprint density at radius 3 is 2.72 bits per heavy atom. The third kappa shape index (κ3) is 4.28. The number of anilines is 1. The Morgan fingerprint density at radius 1 is 1.24 bits per heavy atom. The molecule has 0 bridgehead atoms. The minimum absolute atomic E-state index is 0.132. The van der Waals surface area contributed by atoms with Crippen LogP contribution in [-0.4, -0.2) is 54.6 Å². The fraction of sp³-hybridized carbons (Fsp3) is 0.500. The van der Waals surface area contributed by atoms with Crippen LogP contribution in [0.1, 0.15) is 25.8 Å². The normalized spacial score (nSPS) is 16.8. The van der Waals surface area contributed by atoms with Gasteiger partial charge in [0.2, 0.25) is 5.91 Å². The van der Waals surface area contributed by atoms with Crippen molar-refractivity contribution in [1.29, 1.82) is 0 Å². The molecule has 5 nitrogen and oxygen atoms in total. The molecule has 1 fully saturated rings. The predicted octanol–water partition coefficient (Wildman–Crippen LogP) is 2.58. The molecule has 1 aromatic carbocycles. The average Bonchev–Trinajstić information content (AvgIpc) is 2.61. The molecular weight excluding hydrogens is 312 g/mol. The van der Waals surface area contributed by atoms with E-state index in [2.05, 4.69) is 58.2 Å². The molecule has 5 heteroatoms.